The average molecular weight is 247 g/mol. The van der Waals surface area contributed by atoms with Crippen LogP contribution in [0.2, 0.25) is 0 Å². The molecule has 0 spiro atoms. The summed E-state index contributed by atoms with van der Waals surface area (Å²) in [6.07, 6.45) is 8.88. The van der Waals surface area contributed by atoms with Gasteiger partial charge in [-0.1, -0.05) is 37.5 Å². The zero-order valence-corrected chi connectivity index (χ0v) is 11.2. The van der Waals surface area contributed by atoms with Crippen LogP contribution in [0.15, 0.2) is 30.3 Å². The first kappa shape index (κ1) is 13.4. The average Bonchev–Trinajstić information content (AvgIpc) is 2.60. The van der Waals surface area contributed by atoms with Crippen molar-refractivity contribution < 1.29 is 4.74 Å². The zero-order chi connectivity index (χ0) is 12.6. The van der Waals surface area contributed by atoms with Crippen LogP contribution in [-0.4, -0.2) is 12.6 Å². The maximum Gasteiger partial charge on any atom is 0.119 e. The van der Waals surface area contributed by atoms with Crippen molar-refractivity contribution in [2.45, 2.75) is 51.0 Å². The van der Waals surface area contributed by atoms with Gasteiger partial charge in [0.25, 0.3) is 0 Å². The molecule has 0 amide bonds. The Morgan fingerprint density at radius 2 is 1.89 bits per heavy atom. The molecule has 0 aliphatic heterocycles. The SMILES string of the molecule is NC1CCCCC(CCCOc2ccccc2)C1. The van der Waals surface area contributed by atoms with Crippen LogP contribution in [-0.2, 0) is 0 Å². The summed E-state index contributed by atoms with van der Waals surface area (Å²) in [5.41, 5.74) is 6.09. The topological polar surface area (TPSA) is 35.2 Å². The van der Waals surface area contributed by atoms with Gasteiger partial charge in [0.15, 0.2) is 0 Å². The Morgan fingerprint density at radius 3 is 2.72 bits per heavy atom. The molecule has 0 saturated heterocycles. The molecule has 2 unspecified atom stereocenters. The maximum absolute atomic E-state index is 6.09. The van der Waals surface area contributed by atoms with Gasteiger partial charge in [0, 0.05) is 6.04 Å². The van der Waals surface area contributed by atoms with Crippen molar-refractivity contribution in [2.75, 3.05) is 6.61 Å². The molecule has 1 aromatic carbocycles. The van der Waals surface area contributed by atoms with E-state index in [9.17, 15) is 0 Å². The van der Waals surface area contributed by atoms with E-state index in [4.69, 9.17) is 10.5 Å². The van der Waals surface area contributed by atoms with Gasteiger partial charge >= 0.3 is 0 Å². The van der Waals surface area contributed by atoms with Gasteiger partial charge < -0.3 is 10.5 Å². The molecule has 2 nitrogen and oxygen atoms in total. The number of rotatable bonds is 5. The summed E-state index contributed by atoms with van der Waals surface area (Å²) >= 11 is 0. The smallest absolute Gasteiger partial charge is 0.119 e. The van der Waals surface area contributed by atoms with Crippen molar-refractivity contribution in [1.29, 1.82) is 0 Å². The van der Waals surface area contributed by atoms with E-state index in [1.165, 1.54) is 38.5 Å². The highest BCUT2D eigenvalue weighted by atomic mass is 16.5. The van der Waals surface area contributed by atoms with Gasteiger partial charge in [-0.2, -0.15) is 0 Å². The molecule has 100 valence electrons. The number of hydrogen-bond acceptors (Lipinski definition) is 2. The van der Waals surface area contributed by atoms with Crippen molar-refractivity contribution in [3.63, 3.8) is 0 Å². The van der Waals surface area contributed by atoms with E-state index in [1.54, 1.807) is 0 Å². The molecule has 1 aliphatic rings. The molecule has 1 fully saturated rings. The largest absolute Gasteiger partial charge is 0.494 e. The Bertz CT molecular complexity index is 325. The molecule has 18 heavy (non-hydrogen) atoms. The first-order valence-electron chi connectivity index (χ1n) is 7.28. The van der Waals surface area contributed by atoms with Gasteiger partial charge in [-0.3, -0.25) is 0 Å². The van der Waals surface area contributed by atoms with Crippen molar-refractivity contribution in [3.05, 3.63) is 30.3 Å². The van der Waals surface area contributed by atoms with E-state index < -0.39 is 0 Å². The predicted octanol–water partition coefficient (Wildman–Crippen LogP) is 3.75. The van der Waals surface area contributed by atoms with E-state index in [1.807, 2.05) is 30.3 Å². The Labute approximate surface area is 111 Å². The molecule has 0 bridgehead atoms. The van der Waals surface area contributed by atoms with Crippen LogP contribution >= 0.6 is 0 Å². The molecule has 2 atom stereocenters. The minimum atomic E-state index is 0.438. The number of nitrogens with two attached hydrogens (primary N) is 1. The molecule has 1 aliphatic carbocycles. The summed E-state index contributed by atoms with van der Waals surface area (Å²) in [7, 11) is 0. The second kappa shape index (κ2) is 7.42. The molecular formula is C16H25NO. The van der Waals surface area contributed by atoms with Crippen LogP contribution < -0.4 is 10.5 Å². The summed E-state index contributed by atoms with van der Waals surface area (Å²) in [5, 5.41) is 0. The van der Waals surface area contributed by atoms with Gasteiger partial charge in [0.1, 0.15) is 5.75 Å². The molecule has 0 aromatic heterocycles. The molecule has 1 aromatic rings. The van der Waals surface area contributed by atoms with Gasteiger partial charge in [-0.05, 0) is 43.7 Å². The Balaban J connectivity index is 1.63. The molecule has 2 heteroatoms. The van der Waals surface area contributed by atoms with E-state index in [-0.39, 0.29) is 0 Å². The lowest BCUT2D eigenvalue weighted by Gasteiger charge is -2.16. The van der Waals surface area contributed by atoms with Crippen molar-refractivity contribution in [2.24, 2.45) is 11.7 Å². The number of hydrogen-bond donors (Lipinski definition) is 1. The summed E-state index contributed by atoms with van der Waals surface area (Å²) in [5.74, 6) is 1.80. The summed E-state index contributed by atoms with van der Waals surface area (Å²) < 4.78 is 5.72. The third kappa shape index (κ3) is 4.69. The van der Waals surface area contributed by atoms with Crippen molar-refractivity contribution in [1.82, 2.24) is 0 Å². The van der Waals surface area contributed by atoms with Crippen molar-refractivity contribution >= 4 is 0 Å². The summed E-state index contributed by atoms with van der Waals surface area (Å²) in [4.78, 5) is 0. The third-order valence-corrected chi connectivity index (χ3v) is 3.84. The number of para-hydroxylation sites is 1. The fourth-order valence-corrected chi connectivity index (χ4v) is 2.84. The lowest BCUT2D eigenvalue weighted by molar-refractivity contribution is 0.283. The normalized spacial score (nSPS) is 24.5. The standard InChI is InChI=1S/C16H25NO/c17-15-9-5-4-7-14(13-15)8-6-12-18-16-10-2-1-3-11-16/h1-3,10-11,14-15H,4-9,12-13,17H2. The second-order valence-electron chi connectivity index (χ2n) is 5.45. The monoisotopic (exact) mass is 247 g/mol. The van der Waals surface area contributed by atoms with Crippen LogP contribution in [0.25, 0.3) is 0 Å². The lowest BCUT2D eigenvalue weighted by atomic mass is 9.94. The minimum Gasteiger partial charge on any atom is -0.494 e. The third-order valence-electron chi connectivity index (χ3n) is 3.84. The highest BCUT2D eigenvalue weighted by molar-refractivity contribution is 5.20. The fraction of sp³-hybridized carbons (Fsp3) is 0.625. The van der Waals surface area contributed by atoms with Crippen LogP contribution in [0.3, 0.4) is 0 Å². The van der Waals surface area contributed by atoms with Gasteiger partial charge in [0.2, 0.25) is 0 Å². The summed E-state index contributed by atoms with van der Waals surface area (Å²) in [6, 6.07) is 10.5. The molecule has 2 N–H and O–H groups in total. The van der Waals surface area contributed by atoms with Crippen LogP contribution in [0.1, 0.15) is 44.9 Å². The first-order chi connectivity index (χ1) is 8.84. The first-order valence-corrected chi connectivity index (χ1v) is 7.28. The number of benzene rings is 1. The van der Waals surface area contributed by atoms with Gasteiger partial charge in [-0.15, -0.1) is 0 Å². The zero-order valence-electron chi connectivity index (χ0n) is 11.2. The fourth-order valence-electron chi connectivity index (χ4n) is 2.84. The quantitative estimate of drug-likeness (QED) is 0.635. The highest BCUT2D eigenvalue weighted by Crippen LogP contribution is 2.26. The second-order valence-corrected chi connectivity index (χ2v) is 5.45. The van der Waals surface area contributed by atoms with E-state index in [0.717, 1.165) is 24.7 Å². The Hall–Kier alpha value is -1.02. The molecule has 0 heterocycles. The highest BCUT2D eigenvalue weighted by Gasteiger charge is 2.16. The van der Waals surface area contributed by atoms with E-state index >= 15 is 0 Å². The lowest BCUT2D eigenvalue weighted by Crippen LogP contribution is -2.21. The maximum atomic E-state index is 6.09. The van der Waals surface area contributed by atoms with Crippen molar-refractivity contribution in [3.8, 4) is 5.75 Å². The molecular weight excluding hydrogens is 222 g/mol. The molecule has 1 saturated carbocycles. The Kier molecular flexibility index (Phi) is 5.53. The van der Waals surface area contributed by atoms with Crippen LogP contribution in [0, 0.1) is 5.92 Å². The Morgan fingerprint density at radius 1 is 1.11 bits per heavy atom. The molecule has 2 rings (SSSR count). The molecule has 0 radical (unpaired) electrons. The van der Waals surface area contributed by atoms with Gasteiger partial charge in [-0.25, -0.2) is 0 Å². The van der Waals surface area contributed by atoms with Crippen LogP contribution in [0.5, 0.6) is 5.75 Å². The van der Waals surface area contributed by atoms with E-state index in [2.05, 4.69) is 0 Å². The minimum absolute atomic E-state index is 0.438. The van der Waals surface area contributed by atoms with Crippen LogP contribution in [0.4, 0.5) is 0 Å². The predicted molar refractivity (Wildman–Crippen MR) is 75.7 cm³/mol. The summed E-state index contributed by atoms with van der Waals surface area (Å²) in [6.45, 7) is 0.829. The van der Waals surface area contributed by atoms with Gasteiger partial charge in [0.05, 0.1) is 6.61 Å². The van der Waals surface area contributed by atoms with E-state index in [0.29, 0.717) is 6.04 Å². The number of ether oxygens (including phenoxy) is 1.